The molecule has 0 spiro atoms. The summed E-state index contributed by atoms with van der Waals surface area (Å²) in [6, 6.07) is 6.30. The van der Waals surface area contributed by atoms with Gasteiger partial charge in [-0.1, -0.05) is 23.8 Å². The molecule has 0 radical (unpaired) electrons. The Hall–Kier alpha value is -1.59. The van der Waals surface area contributed by atoms with Gasteiger partial charge < -0.3 is 16.4 Å². The number of hydrogen-bond donors (Lipinski definition) is 3. The standard InChI is InChI=1S/C15H23N3O2.ClH/c1-10-4-5-13(11(2)6-10)7-12(3)18-15(20)9-17-14(19)8-16;/h4-6,12H,7-9,16H2,1-3H3,(H,17,19)(H,18,20);1H. The summed E-state index contributed by atoms with van der Waals surface area (Å²) in [6.07, 6.45) is 0.767. The molecule has 0 aromatic heterocycles. The van der Waals surface area contributed by atoms with Crippen LogP contribution < -0.4 is 16.4 Å². The summed E-state index contributed by atoms with van der Waals surface area (Å²) in [5.41, 5.74) is 8.82. The smallest absolute Gasteiger partial charge is 0.239 e. The van der Waals surface area contributed by atoms with Crippen molar-refractivity contribution in [1.82, 2.24) is 10.6 Å². The van der Waals surface area contributed by atoms with Crippen LogP contribution >= 0.6 is 12.4 Å². The second-order valence-corrected chi connectivity index (χ2v) is 5.08. The molecule has 118 valence electrons. The summed E-state index contributed by atoms with van der Waals surface area (Å²) in [4.78, 5) is 22.6. The molecule has 0 bridgehead atoms. The third kappa shape index (κ3) is 7.11. The Morgan fingerprint density at radius 3 is 2.48 bits per heavy atom. The second kappa shape index (κ2) is 9.37. The van der Waals surface area contributed by atoms with Gasteiger partial charge in [0.15, 0.2) is 0 Å². The molecule has 0 saturated heterocycles. The molecule has 0 aliphatic heterocycles. The van der Waals surface area contributed by atoms with Gasteiger partial charge in [0.2, 0.25) is 11.8 Å². The van der Waals surface area contributed by atoms with E-state index in [4.69, 9.17) is 5.73 Å². The van der Waals surface area contributed by atoms with Gasteiger partial charge in [0.05, 0.1) is 13.1 Å². The number of amides is 2. The van der Waals surface area contributed by atoms with Crippen molar-refractivity contribution in [2.75, 3.05) is 13.1 Å². The number of hydrogen-bond acceptors (Lipinski definition) is 3. The van der Waals surface area contributed by atoms with E-state index in [0.717, 1.165) is 6.42 Å². The van der Waals surface area contributed by atoms with Gasteiger partial charge in [-0.05, 0) is 38.3 Å². The molecule has 1 aromatic carbocycles. The Balaban J connectivity index is 0.00000400. The van der Waals surface area contributed by atoms with Crippen LogP contribution in [0.2, 0.25) is 0 Å². The maximum atomic E-state index is 11.6. The summed E-state index contributed by atoms with van der Waals surface area (Å²) in [5, 5.41) is 5.30. The van der Waals surface area contributed by atoms with Crippen LogP contribution in [0.1, 0.15) is 23.6 Å². The van der Waals surface area contributed by atoms with Crippen LogP contribution in [0.25, 0.3) is 0 Å². The summed E-state index contributed by atoms with van der Waals surface area (Å²) in [5.74, 6) is -0.536. The number of halogens is 1. The van der Waals surface area contributed by atoms with Crippen LogP contribution in [-0.2, 0) is 16.0 Å². The predicted molar refractivity (Wildman–Crippen MR) is 86.5 cm³/mol. The third-order valence-electron chi connectivity index (χ3n) is 3.06. The molecule has 6 heteroatoms. The first-order valence-electron chi connectivity index (χ1n) is 6.74. The molecule has 5 nitrogen and oxygen atoms in total. The molecule has 0 fully saturated rings. The van der Waals surface area contributed by atoms with Gasteiger partial charge in [0, 0.05) is 6.04 Å². The average molecular weight is 314 g/mol. The zero-order chi connectivity index (χ0) is 15.1. The summed E-state index contributed by atoms with van der Waals surface area (Å²) in [7, 11) is 0. The minimum absolute atomic E-state index is 0. The fourth-order valence-corrected chi connectivity index (χ4v) is 2.03. The monoisotopic (exact) mass is 313 g/mol. The van der Waals surface area contributed by atoms with Gasteiger partial charge >= 0.3 is 0 Å². The van der Waals surface area contributed by atoms with E-state index in [1.807, 2.05) is 6.92 Å². The number of nitrogens with two attached hydrogens (primary N) is 1. The number of nitrogens with one attached hydrogen (secondary N) is 2. The van der Waals surface area contributed by atoms with Gasteiger partial charge in [-0.3, -0.25) is 9.59 Å². The molecule has 4 N–H and O–H groups in total. The Morgan fingerprint density at radius 2 is 1.90 bits per heavy atom. The molecule has 0 heterocycles. The van der Waals surface area contributed by atoms with E-state index in [2.05, 4.69) is 42.7 Å². The van der Waals surface area contributed by atoms with Crippen molar-refractivity contribution in [3.63, 3.8) is 0 Å². The van der Waals surface area contributed by atoms with Gasteiger partial charge in [0.1, 0.15) is 0 Å². The molecule has 2 amide bonds. The molecule has 1 atom stereocenters. The lowest BCUT2D eigenvalue weighted by Crippen LogP contribution is -2.43. The zero-order valence-corrected chi connectivity index (χ0v) is 13.5. The molecule has 1 unspecified atom stereocenters. The molecular formula is C15H24ClN3O2. The van der Waals surface area contributed by atoms with Gasteiger partial charge in [0.25, 0.3) is 0 Å². The van der Waals surface area contributed by atoms with Crippen molar-refractivity contribution in [1.29, 1.82) is 0 Å². The van der Waals surface area contributed by atoms with Crippen LogP contribution in [-0.4, -0.2) is 30.9 Å². The molecule has 0 aliphatic rings. The van der Waals surface area contributed by atoms with Crippen LogP contribution in [0, 0.1) is 13.8 Å². The first-order valence-corrected chi connectivity index (χ1v) is 6.74. The molecular weight excluding hydrogens is 290 g/mol. The maximum Gasteiger partial charge on any atom is 0.239 e. The first kappa shape index (κ1) is 19.4. The van der Waals surface area contributed by atoms with Gasteiger partial charge in [-0.2, -0.15) is 0 Å². The zero-order valence-electron chi connectivity index (χ0n) is 12.7. The lowest BCUT2D eigenvalue weighted by atomic mass is 10.00. The minimum atomic E-state index is -0.331. The predicted octanol–water partition coefficient (Wildman–Crippen LogP) is 0.847. The van der Waals surface area contributed by atoms with Crippen molar-refractivity contribution < 1.29 is 9.59 Å². The molecule has 1 aromatic rings. The SMILES string of the molecule is Cc1ccc(CC(C)NC(=O)CNC(=O)CN)c(C)c1.Cl. The minimum Gasteiger partial charge on any atom is -0.352 e. The van der Waals surface area contributed by atoms with E-state index in [1.54, 1.807) is 0 Å². The summed E-state index contributed by atoms with van der Waals surface area (Å²) < 4.78 is 0. The number of aryl methyl sites for hydroxylation is 2. The number of carbonyl (C=O) groups is 2. The Morgan fingerprint density at radius 1 is 1.24 bits per heavy atom. The number of carbonyl (C=O) groups excluding carboxylic acids is 2. The number of benzene rings is 1. The number of rotatable bonds is 6. The van der Waals surface area contributed by atoms with Gasteiger partial charge in [-0.25, -0.2) is 0 Å². The normalized spacial score (nSPS) is 11.2. The van der Waals surface area contributed by atoms with E-state index >= 15 is 0 Å². The highest BCUT2D eigenvalue weighted by Gasteiger charge is 2.10. The fraction of sp³-hybridized carbons (Fsp3) is 0.467. The van der Waals surface area contributed by atoms with Crippen LogP contribution in [0.5, 0.6) is 0 Å². The lowest BCUT2D eigenvalue weighted by Gasteiger charge is -2.16. The van der Waals surface area contributed by atoms with Gasteiger partial charge in [-0.15, -0.1) is 12.4 Å². The van der Waals surface area contributed by atoms with Crippen molar-refractivity contribution in [3.8, 4) is 0 Å². The van der Waals surface area contributed by atoms with E-state index in [1.165, 1.54) is 16.7 Å². The largest absolute Gasteiger partial charge is 0.352 e. The highest BCUT2D eigenvalue weighted by Crippen LogP contribution is 2.12. The van der Waals surface area contributed by atoms with Crippen LogP contribution in [0.3, 0.4) is 0 Å². The molecule has 1 rings (SSSR count). The highest BCUT2D eigenvalue weighted by molar-refractivity contribution is 5.85. The quantitative estimate of drug-likeness (QED) is 0.728. The lowest BCUT2D eigenvalue weighted by molar-refractivity contribution is -0.125. The molecule has 21 heavy (non-hydrogen) atoms. The highest BCUT2D eigenvalue weighted by atomic mass is 35.5. The van der Waals surface area contributed by atoms with Crippen LogP contribution in [0.4, 0.5) is 0 Å². The maximum absolute atomic E-state index is 11.6. The second-order valence-electron chi connectivity index (χ2n) is 5.08. The van der Waals surface area contributed by atoms with E-state index < -0.39 is 0 Å². The molecule has 0 aliphatic carbocycles. The van der Waals surface area contributed by atoms with E-state index in [-0.39, 0.29) is 43.4 Å². The Bertz CT molecular complexity index is 492. The fourth-order valence-electron chi connectivity index (χ4n) is 2.03. The van der Waals surface area contributed by atoms with E-state index in [0.29, 0.717) is 0 Å². The topological polar surface area (TPSA) is 84.2 Å². The van der Waals surface area contributed by atoms with Crippen molar-refractivity contribution >= 4 is 24.2 Å². The van der Waals surface area contributed by atoms with Crippen molar-refractivity contribution in [2.24, 2.45) is 5.73 Å². The first-order chi connectivity index (χ1) is 9.42. The Labute approximate surface area is 132 Å². The van der Waals surface area contributed by atoms with Crippen molar-refractivity contribution in [2.45, 2.75) is 33.2 Å². The summed E-state index contributed by atoms with van der Waals surface area (Å²) in [6.45, 7) is 5.93. The average Bonchev–Trinajstić information content (AvgIpc) is 2.39. The summed E-state index contributed by atoms with van der Waals surface area (Å²) >= 11 is 0. The molecule has 0 saturated carbocycles. The van der Waals surface area contributed by atoms with Crippen molar-refractivity contribution in [3.05, 3.63) is 34.9 Å². The van der Waals surface area contributed by atoms with E-state index in [9.17, 15) is 9.59 Å². The van der Waals surface area contributed by atoms with Crippen LogP contribution in [0.15, 0.2) is 18.2 Å². The third-order valence-corrected chi connectivity index (χ3v) is 3.06. The Kier molecular flexibility index (Phi) is 8.66.